The van der Waals surface area contributed by atoms with Gasteiger partial charge in [-0.3, -0.25) is 14.6 Å². The van der Waals surface area contributed by atoms with Crippen molar-refractivity contribution in [1.82, 2.24) is 9.88 Å². The number of carbonyl (C=O) groups is 1. The summed E-state index contributed by atoms with van der Waals surface area (Å²) in [7, 11) is 0. The number of benzene rings is 2. The molecule has 31 heavy (non-hydrogen) atoms. The van der Waals surface area contributed by atoms with Crippen molar-refractivity contribution in [3.05, 3.63) is 64.9 Å². The van der Waals surface area contributed by atoms with Crippen LogP contribution in [0.4, 0.5) is 23.2 Å². The standard InChI is InChI=1S/C23H19F4N3O/c24-18-17-13(11-28-22(17)21(27)20(26)19(18)25)10-15-14-6-2-3-7-16(14)30(23(15)31)12-29-8-4-1-5-9-29/h2-3,6-7,10-11,28H,1,4-5,8-9,12H2/b15-10-. The van der Waals surface area contributed by atoms with E-state index in [1.807, 2.05) is 12.1 Å². The second kappa shape index (κ2) is 7.53. The predicted molar refractivity (Wildman–Crippen MR) is 110 cm³/mol. The third kappa shape index (κ3) is 3.13. The van der Waals surface area contributed by atoms with Crippen molar-refractivity contribution in [1.29, 1.82) is 0 Å². The third-order valence-corrected chi connectivity index (χ3v) is 5.98. The number of piperidine rings is 1. The molecule has 3 aromatic rings. The van der Waals surface area contributed by atoms with E-state index >= 15 is 0 Å². The molecule has 0 atom stereocenters. The van der Waals surface area contributed by atoms with Gasteiger partial charge in [0.2, 0.25) is 0 Å². The van der Waals surface area contributed by atoms with Gasteiger partial charge in [0.25, 0.3) is 5.91 Å². The summed E-state index contributed by atoms with van der Waals surface area (Å²) in [6.45, 7) is 2.25. The Hall–Kier alpha value is -3.13. The van der Waals surface area contributed by atoms with Crippen molar-refractivity contribution in [2.45, 2.75) is 19.3 Å². The normalized spacial score (nSPS) is 18.4. The molecule has 1 fully saturated rings. The molecule has 0 aliphatic carbocycles. The van der Waals surface area contributed by atoms with Gasteiger partial charge >= 0.3 is 0 Å². The minimum absolute atomic E-state index is 0.0725. The molecule has 1 saturated heterocycles. The average molecular weight is 429 g/mol. The highest BCUT2D eigenvalue weighted by Gasteiger charge is 2.34. The Morgan fingerprint density at radius 1 is 0.935 bits per heavy atom. The number of aromatic amines is 1. The lowest BCUT2D eigenvalue weighted by Gasteiger charge is -2.30. The molecule has 0 radical (unpaired) electrons. The Morgan fingerprint density at radius 3 is 2.42 bits per heavy atom. The number of anilines is 1. The smallest absolute Gasteiger partial charge is 0.260 e. The van der Waals surface area contributed by atoms with Crippen molar-refractivity contribution < 1.29 is 22.4 Å². The molecular formula is C23H19F4N3O. The number of amides is 1. The van der Waals surface area contributed by atoms with Gasteiger partial charge in [-0.1, -0.05) is 24.6 Å². The van der Waals surface area contributed by atoms with Gasteiger partial charge < -0.3 is 4.98 Å². The molecule has 0 bridgehead atoms. The maximum absolute atomic E-state index is 14.5. The van der Waals surface area contributed by atoms with Crippen molar-refractivity contribution in [2.75, 3.05) is 24.7 Å². The molecule has 2 aliphatic rings. The van der Waals surface area contributed by atoms with Gasteiger partial charge in [0.05, 0.1) is 17.9 Å². The van der Waals surface area contributed by atoms with E-state index in [-0.39, 0.29) is 17.0 Å². The number of halogens is 4. The van der Waals surface area contributed by atoms with Gasteiger partial charge in [-0.25, -0.2) is 17.6 Å². The molecule has 3 heterocycles. The first-order valence-corrected chi connectivity index (χ1v) is 10.2. The number of nitrogens with one attached hydrogen (secondary N) is 1. The fourth-order valence-electron chi connectivity index (χ4n) is 4.42. The van der Waals surface area contributed by atoms with Gasteiger partial charge in [0.1, 0.15) is 0 Å². The number of H-pyrrole nitrogens is 1. The Bertz CT molecular complexity index is 1230. The Balaban J connectivity index is 1.60. The summed E-state index contributed by atoms with van der Waals surface area (Å²) in [5.41, 5.74) is 1.27. The highest BCUT2D eigenvalue weighted by Crippen LogP contribution is 2.39. The molecule has 2 aromatic carbocycles. The summed E-state index contributed by atoms with van der Waals surface area (Å²) in [6.07, 6.45) is 5.97. The van der Waals surface area contributed by atoms with Crippen LogP contribution in [0.3, 0.4) is 0 Å². The molecule has 0 saturated carbocycles. The van der Waals surface area contributed by atoms with Crippen molar-refractivity contribution >= 4 is 34.1 Å². The van der Waals surface area contributed by atoms with Crippen LogP contribution in [0.15, 0.2) is 30.5 Å². The van der Waals surface area contributed by atoms with Gasteiger partial charge in [0, 0.05) is 28.3 Å². The fourth-order valence-corrected chi connectivity index (χ4v) is 4.42. The molecule has 1 aromatic heterocycles. The number of fused-ring (bicyclic) bond motifs is 2. The summed E-state index contributed by atoms with van der Waals surface area (Å²) in [5.74, 6) is -7.02. The predicted octanol–water partition coefficient (Wildman–Crippen LogP) is 5.05. The Labute approximate surface area is 175 Å². The van der Waals surface area contributed by atoms with E-state index in [1.165, 1.54) is 18.7 Å². The lowest BCUT2D eigenvalue weighted by atomic mass is 10.0. The number of hydrogen-bond acceptors (Lipinski definition) is 2. The van der Waals surface area contributed by atoms with Crippen LogP contribution in [0.2, 0.25) is 0 Å². The first-order chi connectivity index (χ1) is 15.0. The van der Waals surface area contributed by atoms with E-state index in [4.69, 9.17) is 0 Å². The highest BCUT2D eigenvalue weighted by molar-refractivity contribution is 6.36. The van der Waals surface area contributed by atoms with Crippen molar-refractivity contribution in [2.24, 2.45) is 0 Å². The van der Waals surface area contributed by atoms with E-state index in [1.54, 1.807) is 17.0 Å². The zero-order valence-electron chi connectivity index (χ0n) is 16.5. The molecule has 5 rings (SSSR count). The first kappa shape index (κ1) is 19.8. The first-order valence-electron chi connectivity index (χ1n) is 10.2. The van der Waals surface area contributed by atoms with Crippen LogP contribution in [-0.2, 0) is 4.79 Å². The molecule has 160 valence electrons. The van der Waals surface area contributed by atoms with Gasteiger partial charge in [-0.05, 0) is 38.1 Å². The third-order valence-electron chi connectivity index (χ3n) is 5.98. The SMILES string of the molecule is O=C1/C(=C\c2c[nH]c3c(F)c(F)c(F)c(F)c23)c2ccccc2N1CN1CCCCC1. The lowest BCUT2D eigenvalue weighted by molar-refractivity contribution is -0.113. The molecule has 0 spiro atoms. The van der Waals surface area contributed by atoms with Crippen molar-refractivity contribution in [3.63, 3.8) is 0 Å². The second-order valence-electron chi connectivity index (χ2n) is 7.88. The molecule has 2 aliphatic heterocycles. The van der Waals surface area contributed by atoms with Crippen LogP contribution in [0.5, 0.6) is 0 Å². The van der Waals surface area contributed by atoms with Gasteiger partial charge in [0.15, 0.2) is 23.3 Å². The quantitative estimate of drug-likeness (QED) is 0.274. The van der Waals surface area contributed by atoms with Gasteiger partial charge in [-0.2, -0.15) is 0 Å². The molecule has 1 N–H and O–H groups in total. The number of likely N-dealkylation sites (tertiary alicyclic amines) is 1. The van der Waals surface area contributed by atoms with Crippen LogP contribution in [0, 0.1) is 23.3 Å². The van der Waals surface area contributed by atoms with Crippen molar-refractivity contribution in [3.8, 4) is 0 Å². The summed E-state index contributed by atoms with van der Waals surface area (Å²) < 4.78 is 55.9. The Morgan fingerprint density at radius 2 is 1.65 bits per heavy atom. The largest absolute Gasteiger partial charge is 0.358 e. The number of aromatic nitrogens is 1. The minimum atomic E-state index is -1.88. The maximum atomic E-state index is 14.5. The van der Waals surface area contributed by atoms with Crippen LogP contribution in [0.25, 0.3) is 22.6 Å². The fraction of sp³-hybridized carbons (Fsp3) is 0.261. The second-order valence-corrected chi connectivity index (χ2v) is 7.88. The average Bonchev–Trinajstić information content (AvgIpc) is 3.32. The van der Waals surface area contributed by atoms with E-state index < -0.39 is 34.2 Å². The maximum Gasteiger partial charge on any atom is 0.260 e. The summed E-state index contributed by atoms with van der Waals surface area (Å²) in [6, 6.07) is 7.23. The van der Waals surface area contributed by atoms with E-state index in [0.29, 0.717) is 12.2 Å². The monoisotopic (exact) mass is 429 g/mol. The zero-order chi connectivity index (χ0) is 21.7. The molecule has 0 unspecified atom stereocenters. The summed E-state index contributed by atoms with van der Waals surface area (Å²) >= 11 is 0. The highest BCUT2D eigenvalue weighted by atomic mass is 19.2. The number of carbonyl (C=O) groups excluding carboxylic acids is 1. The lowest BCUT2D eigenvalue weighted by Crippen LogP contribution is -2.42. The van der Waals surface area contributed by atoms with Gasteiger partial charge in [-0.15, -0.1) is 0 Å². The minimum Gasteiger partial charge on any atom is -0.358 e. The van der Waals surface area contributed by atoms with E-state index in [0.717, 1.165) is 31.6 Å². The van der Waals surface area contributed by atoms with Crippen LogP contribution < -0.4 is 4.90 Å². The van der Waals surface area contributed by atoms with Crippen LogP contribution in [0.1, 0.15) is 30.4 Å². The Kier molecular flexibility index (Phi) is 4.81. The number of nitrogens with zero attached hydrogens (tertiary/aromatic N) is 2. The van der Waals surface area contributed by atoms with Crippen LogP contribution >= 0.6 is 0 Å². The summed E-state index contributed by atoms with van der Waals surface area (Å²) in [5, 5.41) is -0.427. The van der Waals surface area contributed by atoms with E-state index in [9.17, 15) is 22.4 Å². The molecule has 4 nitrogen and oxygen atoms in total. The topological polar surface area (TPSA) is 39.3 Å². The zero-order valence-corrected chi connectivity index (χ0v) is 16.5. The molecular weight excluding hydrogens is 410 g/mol. The summed E-state index contributed by atoms with van der Waals surface area (Å²) in [4.78, 5) is 19.6. The number of hydrogen-bond donors (Lipinski definition) is 1. The number of rotatable bonds is 3. The van der Waals surface area contributed by atoms with E-state index in [2.05, 4.69) is 9.88 Å². The number of para-hydroxylation sites is 1. The molecule has 1 amide bonds. The van der Waals surface area contributed by atoms with Crippen LogP contribution in [-0.4, -0.2) is 35.5 Å². The molecule has 8 heteroatoms.